The Kier molecular flexibility index (Phi) is 3.77. The Hall–Kier alpha value is -2.10. The van der Waals surface area contributed by atoms with E-state index in [4.69, 9.17) is 0 Å². The smallest absolute Gasteiger partial charge is 0.226 e. The first-order chi connectivity index (χ1) is 10.5. The molecule has 1 aliphatic rings. The number of amides is 1. The van der Waals surface area contributed by atoms with Gasteiger partial charge in [0.15, 0.2) is 0 Å². The highest BCUT2D eigenvalue weighted by molar-refractivity contribution is 5.94. The van der Waals surface area contributed by atoms with Crippen LogP contribution in [0, 0.1) is 12.8 Å². The number of anilines is 1. The van der Waals surface area contributed by atoms with Gasteiger partial charge in [-0.05, 0) is 30.4 Å². The van der Waals surface area contributed by atoms with E-state index in [9.17, 15) is 4.79 Å². The first-order valence-corrected chi connectivity index (χ1v) is 7.88. The van der Waals surface area contributed by atoms with Crippen molar-refractivity contribution in [2.75, 3.05) is 5.32 Å². The van der Waals surface area contributed by atoms with E-state index in [0.29, 0.717) is 12.3 Å². The van der Waals surface area contributed by atoms with Gasteiger partial charge in [0.2, 0.25) is 5.91 Å². The third-order valence-electron chi connectivity index (χ3n) is 4.29. The van der Waals surface area contributed by atoms with Gasteiger partial charge in [0, 0.05) is 24.9 Å². The van der Waals surface area contributed by atoms with Crippen molar-refractivity contribution in [2.24, 2.45) is 13.0 Å². The maximum absolute atomic E-state index is 12.0. The quantitative estimate of drug-likeness (QED) is 0.944. The molecule has 1 unspecified atom stereocenters. The number of hydrogen-bond donors (Lipinski definition) is 1. The van der Waals surface area contributed by atoms with Gasteiger partial charge in [0.1, 0.15) is 5.82 Å². The summed E-state index contributed by atoms with van der Waals surface area (Å²) in [6, 6.07) is 8.70. The largest absolute Gasteiger partial charge is 0.311 e. The average molecular weight is 297 g/mol. The summed E-state index contributed by atoms with van der Waals surface area (Å²) in [5, 5.41) is 7.41. The number of fused-ring (bicyclic) bond motifs is 1. The van der Waals surface area contributed by atoms with Crippen LogP contribution in [0.2, 0.25) is 0 Å². The molecule has 0 saturated heterocycles. The standard InChI is InChI=1S/C18H23N3O/c1-11(2)9-13-5-7-14(8-6-13)15-10-16(22)19-18-17(15)12(3)20-21(18)4/h5-8,11,15H,9-10H2,1-4H3,(H,19,22). The maximum atomic E-state index is 12.0. The third kappa shape index (κ3) is 2.65. The number of rotatable bonds is 3. The normalized spacial score (nSPS) is 17.5. The number of carbonyl (C=O) groups is 1. The third-order valence-corrected chi connectivity index (χ3v) is 4.29. The number of nitrogens with one attached hydrogen (secondary N) is 1. The molecule has 0 aliphatic carbocycles. The van der Waals surface area contributed by atoms with Crippen LogP contribution in [0.15, 0.2) is 24.3 Å². The Morgan fingerprint density at radius 1 is 1.32 bits per heavy atom. The lowest BCUT2D eigenvalue weighted by atomic mass is 9.85. The monoisotopic (exact) mass is 297 g/mol. The lowest BCUT2D eigenvalue weighted by Gasteiger charge is -2.24. The number of carbonyl (C=O) groups excluding carboxylic acids is 1. The van der Waals surface area contributed by atoms with Crippen molar-refractivity contribution in [1.82, 2.24) is 9.78 Å². The van der Waals surface area contributed by atoms with Crippen molar-refractivity contribution in [3.05, 3.63) is 46.6 Å². The summed E-state index contributed by atoms with van der Waals surface area (Å²) in [7, 11) is 1.88. The number of benzene rings is 1. The molecule has 0 saturated carbocycles. The van der Waals surface area contributed by atoms with Crippen molar-refractivity contribution in [3.63, 3.8) is 0 Å². The molecule has 1 aromatic heterocycles. The molecule has 2 aromatic rings. The van der Waals surface area contributed by atoms with E-state index in [1.54, 1.807) is 4.68 Å². The SMILES string of the molecule is Cc1nn(C)c2c1C(c1ccc(CC(C)C)cc1)CC(=O)N2. The summed E-state index contributed by atoms with van der Waals surface area (Å²) in [6.07, 6.45) is 1.58. The molecule has 0 fully saturated rings. The fourth-order valence-electron chi connectivity index (χ4n) is 3.35. The van der Waals surface area contributed by atoms with Gasteiger partial charge in [0.25, 0.3) is 0 Å². The minimum atomic E-state index is 0.0618. The molecule has 116 valence electrons. The first-order valence-electron chi connectivity index (χ1n) is 7.88. The van der Waals surface area contributed by atoms with Crippen LogP contribution in [0.3, 0.4) is 0 Å². The summed E-state index contributed by atoms with van der Waals surface area (Å²) in [6.45, 7) is 6.46. The number of aryl methyl sites for hydroxylation is 2. The second kappa shape index (κ2) is 5.59. The molecule has 2 heterocycles. The van der Waals surface area contributed by atoms with E-state index in [1.165, 1.54) is 11.1 Å². The van der Waals surface area contributed by atoms with E-state index in [1.807, 2.05) is 14.0 Å². The predicted molar refractivity (Wildman–Crippen MR) is 88.0 cm³/mol. The van der Waals surface area contributed by atoms with E-state index >= 15 is 0 Å². The minimum absolute atomic E-state index is 0.0618. The van der Waals surface area contributed by atoms with E-state index < -0.39 is 0 Å². The highest BCUT2D eigenvalue weighted by Gasteiger charge is 2.31. The molecule has 1 aromatic carbocycles. The molecule has 0 radical (unpaired) electrons. The van der Waals surface area contributed by atoms with Crippen LogP contribution in [0.5, 0.6) is 0 Å². The van der Waals surface area contributed by atoms with E-state index in [-0.39, 0.29) is 11.8 Å². The fourth-order valence-corrected chi connectivity index (χ4v) is 3.35. The maximum Gasteiger partial charge on any atom is 0.226 e. The second-order valence-electron chi connectivity index (χ2n) is 6.62. The molecule has 4 heteroatoms. The topological polar surface area (TPSA) is 46.9 Å². The highest BCUT2D eigenvalue weighted by atomic mass is 16.1. The summed E-state index contributed by atoms with van der Waals surface area (Å²) in [5.41, 5.74) is 4.69. The lowest BCUT2D eigenvalue weighted by molar-refractivity contribution is -0.116. The molecule has 0 bridgehead atoms. The van der Waals surface area contributed by atoms with Crippen LogP contribution in [-0.4, -0.2) is 15.7 Å². The Balaban J connectivity index is 1.97. The zero-order valence-electron chi connectivity index (χ0n) is 13.7. The highest BCUT2D eigenvalue weighted by Crippen LogP contribution is 2.38. The van der Waals surface area contributed by atoms with Gasteiger partial charge < -0.3 is 5.32 Å². The zero-order chi connectivity index (χ0) is 15.9. The van der Waals surface area contributed by atoms with Crippen LogP contribution >= 0.6 is 0 Å². The van der Waals surface area contributed by atoms with Gasteiger partial charge in [-0.1, -0.05) is 38.1 Å². The summed E-state index contributed by atoms with van der Waals surface area (Å²) >= 11 is 0. The molecular formula is C18H23N3O. The Morgan fingerprint density at radius 2 is 2.00 bits per heavy atom. The van der Waals surface area contributed by atoms with Crippen molar-refractivity contribution in [3.8, 4) is 0 Å². The van der Waals surface area contributed by atoms with Crippen LogP contribution in [0.25, 0.3) is 0 Å². The zero-order valence-corrected chi connectivity index (χ0v) is 13.7. The molecule has 1 aliphatic heterocycles. The molecule has 4 nitrogen and oxygen atoms in total. The van der Waals surface area contributed by atoms with Gasteiger partial charge in [-0.25, -0.2) is 0 Å². The van der Waals surface area contributed by atoms with Crippen molar-refractivity contribution in [1.29, 1.82) is 0 Å². The van der Waals surface area contributed by atoms with Gasteiger partial charge in [-0.15, -0.1) is 0 Å². The van der Waals surface area contributed by atoms with Crippen LogP contribution in [0.4, 0.5) is 5.82 Å². The predicted octanol–water partition coefficient (Wildman–Crippen LogP) is 3.40. The van der Waals surface area contributed by atoms with Crippen LogP contribution < -0.4 is 5.32 Å². The van der Waals surface area contributed by atoms with Crippen molar-refractivity contribution < 1.29 is 4.79 Å². The summed E-state index contributed by atoms with van der Waals surface area (Å²) in [5.74, 6) is 1.65. The van der Waals surface area contributed by atoms with Crippen molar-refractivity contribution >= 4 is 11.7 Å². The summed E-state index contributed by atoms with van der Waals surface area (Å²) < 4.78 is 1.77. The van der Waals surface area contributed by atoms with Gasteiger partial charge in [-0.3, -0.25) is 9.48 Å². The molecular weight excluding hydrogens is 274 g/mol. The fraction of sp³-hybridized carbons (Fsp3) is 0.444. The molecule has 1 N–H and O–H groups in total. The number of aromatic nitrogens is 2. The number of hydrogen-bond acceptors (Lipinski definition) is 2. The Bertz CT molecular complexity index is 698. The lowest BCUT2D eigenvalue weighted by Crippen LogP contribution is -2.24. The van der Waals surface area contributed by atoms with Crippen LogP contribution in [-0.2, 0) is 18.3 Å². The minimum Gasteiger partial charge on any atom is -0.311 e. The molecule has 22 heavy (non-hydrogen) atoms. The molecule has 3 rings (SSSR count). The van der Waals surface area contributed by atoms with Crippen LogP contribution in [0.1, 0.15) is 48.6 Å². The molecule has 0 spiro atoms. The van der Waals surface area contributed by atoms with E-state index in [0.717, 1.165) is 23.5 Å². The average Bonchev–Trinajstić information content (AvgIpc) is 2.73. The Morgan fingerprint density at radius 3 is 2.64 bits per heavy atom. The molecule has 1 amide bonds. The van der Waals surface area contributed by atoms with E-state index in [2.05, 4.69) is 48.5 Å². The first kappa shape index (κ1) is 14.8. The Labute approximate surface area is 131 Å². The summed E-state index contributed by atoms with van der Waals surface area (Å²) in [4.78, 5) is 12.0. The number of nitrogens with zero attached hydrogens (tertiary/aromatic N) is 2. The van der Waals surface area contributed by atoms with Gasteiger partial charge in [-0.2, -0.15) is 5.10 Å². The van der Waals surface area contributed by atoms with Crippen molar-refractivity contribution in [2.45, 2.75) is 39.5 Å². The van der Waals surface area contributed by atoms with Gasteiger partial charge >= 0.3 is 0 Å². The second-order valence-corrected chi connectivity index (χ2v) is 6.62. The van der Waals surface area contributed by atoms with Gasteiger partial charge in [0.05, 0.1) is 5.69 Å². The molecule has 1 atom stereocenters.